The number of carbonyl (C=O) groups is 1. The predicted molar refractivity (Wildman–Crippen MR) is 81.4 cm³/mol. The molecule has 3 rings (SSSR count). The van der Waals surface area contributed by atoms with Crippen LogP contribution < -0.4 is 10.0 Å². The van der Waals surface area contributed by atoms with E-state index in [2.05, 4.69) is 14.4 Å². The molecule has 1 amide bonds. The molecule has 112 valence electrons. The SMILES string of the molecule is O=C(CN1CCCNS1(=O)=O)Nc1ccc2nscc2c1. The van der Waals surface area contributed by atoms with Crippen molar-refractivity contribution in [2.24, 2.45) is 0 Å². The zero-order valence-corrected chi connectivity index (χ0v) is 12.7. The van der Waals surface area contributed by atoms with Crippen molar-refractivity contribution in [1.29, 1.82) is 0 Å². The topological polar surface area (TPSA) is 91.4 Å². The molecular formula is C12H14N4O3S2. The van der Waals surface area contributed by atoms with E-state index in [0.29, 0.717) is 25.2 Å². The molecule has 0 saturated carbocycles. The molecule has 9 heteroatoms. The first-order valence-corrected chi connectivity index (χ1v) is 8.71. The summed E-state index contributed by atoms with van der Waals surface area (Å²) in [5.74, 6) is -0.357. The highest BCUT2D eigenvalue weighted by atomic mass is 32.2. The van der Waals surface area contributed by atoms with Gasteiger partial charge in [0.15, 0.2) is 0 Å². The van der Waals surface area contributed by atoms with Gasteiger partial charge < -0.3 is 5.32 Å². The lowest BCUT2D eigenvalue weighted by Gasteiger charge is -2.25. The van der Waals surface area contributed by atoms with E-state index in [-0.39, 0.29) is 12.5 Å². The van der Waals surface area contributed by atoms with Crippen LogP contribution in [0.3, 0.4) is 0 Å². The van der Waals surface area contributed by atoms with Gasteiger partial charge in [0.25, 0.3) is 10.2 Å². The molecule has 0 radical (unpaired) electrons. The Labute approximate surface area is 126 Å². The molecule has 1 aromatic heterocycles. The van der Waals surface area contributed by atoms with Gasteiger partial charge in [0.1, 0.15) is 0 Å². The van der Waals surface area contributed by atoms with Crippen molar-refractivity contribution in [3.05, 3.63) is 23.6 Å². The van der Waals surface area contributed by atoms with E-state index >= 15 is 0 Å². The highest BCUT2D eigenvalue weighted by Crippen LogP contribution is 2.20. The van der Waals surface area contributed by atoms with E-state index < -0.39 is 10.2 Å². The normalized spacial score (nSPS) is 18.7. The molecule has 0 bridgehead atoms. The number of anilines is 1. The van der Waals surface area contributed by atoms with Crippen LogP contribution in [0.2, 0.25) is 0 Å². The summed E-state index contributed by atoms with van der Waals surface area (Å²) in [6.45, 7) is 0.591. The van der Waals surface area contributed by atoms with Crippen molar-refractivity contribution in [3.8, 4) is 0 Å². The summed E-state index contributed by atoms with van der Waals surface area (Å²) in [5, 5.41) is 5.55. The molecule has 7 nitrogen and oxygen atoms in total. The first-order valence-electron chi connectivity index (χ1n) is 6.43. The maximum atomic E-state index is 12.0. The van der Waals surface area contributed by atoms with Gasteiger partial charge >= 0.3 is 0 Å². The van der Waals surface area contributed by atoms with Crippen LogP contribution in [0.15, 0.2) is 23.6 Å². The quantitative estimate of drug-likeness (QED) is 0.872. The summed E-state index contributed by atoms with van der Waals surface area (Å²) in [7, 11) is -3.52. The Bertz CT molecular complexity index is 772. The Morgan fingerprint density at radius 1 is 1.48 bits per heavy atom. The van der Waals surface area contributed by atoms with E-state index in [0.717, 1.165) is 15.2 Å². The fourth-order valence-electron chi connectivity index (χ4n) is 2.14. The second-order valence-electron chi connectivity index (χ2n) is 4.72. The smallest absolute Gasteiger partial charge is 0.279 e. The zero-order valence-electron chi connectivity index (χ0n) is 11.1. The Morgan fingerprint density at radius 3 is 3.14 bits per heavy atom. The maximum absolute atomic E-state index is 12.0. The first-order chi connectivity index (χ1) is 10.0. The second kappa shape index (κ2) is 5.68. The first kappa shape index (κ1) is 14.4. The molecule has 1 aliphatic heterocycles. The number of nitrogens with one attached hydrogen (secondary N) is 2. The van der Waals surface area contributed by atoms with Crippen LogP contribution in [-0.2, 0) is 15.0 Å². The molecule has 1 aromatic carbocycles. The van der Waals surface area contributed by atoms with Gasteiger partial charge in [0.2, 0.25) is 5.91 Å². The van der Waals surface area contributed by atoms with E-state index in [4.69, 9.17) is 0 Å². The number of nitrogens with zero attached hydrogens (tertiary/aromatic N) is 2. The predicted octanol–water partition coefficient (Wildman–Crippen LogP) is 0.775. The molecule has 1 saturated heterocycles. The van der Waals surface area contributed by atoms with E-state index in [1.165, 1.54) is 11.5 Å². The lowest BCUT2D eigenvalue weighted by molar-refractivity contribution is -0.116. The van der Waals surface area contributed by atoms with E-state index in [1.54, 1.807) is 6.07 Å². The van der Waals surface area contributed by atoms with Crippen LogP contribution in [0.25, 0.3) is 10.9 Å². The lowest BCUT2D eigenvalue weighted by atomic mass is 10.2. The third-order valence-electron chi connectivity index (χ3n) is 3.17. The average Bonchev–Trinajstić information content (AvgIpc) is 2.88. The van der Waals surface area contributed by atoms with Gasteiger partial charge in [0.05, 0.1) is 12.1 Å². The number of benzene rings is 1. The fraction of sp³-hybridized carbons (Fsp3) is 0.333. The number of rotatable bonds is 3. The number of aromatic nitrogens is 1. The largest absolute Gasteiger partial charge is 0.325 e. The molecule has 2 heterocycles. The number of hydrogen-bond donors (Lipinski definition) is 2. The number of carbonyl (C=O) groups excluding carboxylic acids is 1. The molecule has 0 atom stereocenters. The number of amides is 1. The van der Waals surface area contributed by atoms with Gasteiger partial charge in [-0.3, -0.25) is 4.79 Å². The van der Waals surface area contributed by atoms with Gasteiger partial charge in [-0.2, -0.15) is 17.1 Å². The summed E-state index contributed by atoms with van der Waals surface area (Å²) in [4.78, 5) is 12.0. The van der Waals surface area contributed by atoms with Gasteiger partial charge in [-0.05, 0) is 36.2 Å². The Kier molecular flexibility index (Phi) is 3.89. The van der Waals surface area contributed by atoms with Crippen molar-refractivity contribution in [1.82, 2.24) is 13.4 Å². The van der Waals surface area contributed by atoms with Crippen LogP contribution in [-0.4, -0.2) is 42.6 Å². The van der Waals surface area contributed by atoms with Crippen LogP contribution in [0, 0.1) is 0 Å². The Morgan fingerprint density at radius 2 is 2.33 bits per heavy atom. The molecule has 0 aliphatic carbocycles. The molecule has 0 spiro atoms. The number of hydrogen-bond acceptors (Lipinski definition) is 5. The molecular weight excluding hydrogens is 312 g/mol. The van der Waals surface area contributed by atoms with Crippen LogP contribution in [0.5, 0.6) is 0 Å². The van der Waals surface area contributed by atoms with Crippen molar-refractivity contribution < 1.29 is 13.2 Å². The van der Waals surface area contributed by atoms with Crippen LogP contribution in [0.4, 0.5) is 5.69 Å². The summed E-state index contributed by atoms with van der Waals surface area (Å²) < 4.78 is 31.2. The third kappa shape index (κ3) is 3.21. The van der Waals surface area contributed by atoms with Crippen molar-refractivity contribution >= 4 is 44.2 Å². The van der Waals surface area contributed by atoms with E-state index in [1.807, 2.05) is 17.5 Å². The highest BCUT2D eigenvalue weighted by Gasteiger charge is 2.27. The summed E-state index contributed by atoms with van der Waals surface area (Å²) in [6, 6.07) is 5.39. The Balaban J connectivity index is 1.68. The minimum absolute atomic E-state index is 0.185. The molecule has 2 N–H and O–H groups in total. The van der Waals surface area contributed by atoms with Gasteiger partial charge in [-0.15, -0.1) is 0 Å². The van der Waals surface area contributed by atoms with Crippen molar-refractivity contribution in [3.63, 3.8) is 0 Å². The molecule has 1 fully saturated rings. The van der Waals surface area contributed by atoms with E-state index in [9.17, 15) is 13.2 Å². The van der Waals surface area contributed by atoms with Crippen LogP contribution >= 0.6 is 11.5 Å². The van der Waals surface area contributed by atoms with Crippen molar-refractivity contribution in [2.75, 3.05) is 25.0 Å². The second-order valence-corrected chi connectivity index (χ2v) is 7.11. The molecule has 0 unspecified atom stereocenters. The van der Waals surface area contributed by atoms with Gasteiger partial charge in [-0.1, -0.05) is 0 Å². The Hall–Kier alpha value is -1.55. The average molecular weight is 326 g/mol. The molecule has 1 aliphatic rings. The van der Waals surface area contributed by atoms with Crippen LogP contribution in [0.1, 0.15) is 6.42 Å². The van der Waals surface area contributed by atoms with Gasteiger partial charge in [-0.25, -0.2) is 4.72 Å². The maximum Gasteiger partial charge on any atom is 0.279 e. The monoisotopic (exact) mass is 326 g/mol. The lowest BCUT2D eigenvalue weighted by Crippen LogP contribution is -2.49. The van der Waals surface area contributed by atoms with Crippen molar-refractivity contribution in [2.45, 2.75) is 6.42 Å². The molecule has 21 heavy (non-hydrogen) atoms. The minimum atomic E-state index is -3.52. The summed E-state index contributed by atoms with van der Waals surface area (Å²) in [5.41, 5.74) is 1.51. The number of fused-ring (bicyclic) bond motifs is 1. The fourth-order valence-corrected chi connectivity index (χ4v) is 4.02. The highest BCUT2D eigenvalue weighted by molar-refractivity contribution is 7.87. The third-order valence-corrected chi connectivity index (χ3v) is 5.39. The zero-order chi connectivity index (χ0) is 14.9. The molecule has 2 aromatic rings. The minimum Gasteiger partial charge on any atom is -0.325 e. The summed E-state index contributed by atoms with van der Waals surface area (Å²) >= 11 is 1.35. The summed E-state index contributed by atoms with van der Waals surface area (Å²) in [6.07, 6.45) is 0.693. The van der Waals surface area contributed by atoms with Gasteiger partial charge in [0, 0.05) is 29.5 Å². The standard InChI is InChI=1S/C12H14N4O3S2/c17-12(7-16-5-1-4-13-21(16,18)19)14-10-2-3-11-9(6-10)8-20-15-11/h2-3,6,8,13H,1,4-5,7H2,(H,14,17).